The molecular weight excluding hydrogens is 325 g/mol. The van der Waals surface area contributed by atoms with E-state index in [4.69, 9.17) is 11.6 Å². The zero-order valence-corrected chi connectivity index (χ0v) is 11.3. The number of halogens is 4. The van der Waals surface area contributed by atoms with Gasteiger partial charge in [-0.2, -0.15) is 0 Å². The van der Waals surface area contributed by atoms with E-state index in [0.29, 0.717) is 10.0 Å². The molecular formula is C13H8BrClF2O. The largest absolute Gasteiger partial charge is 0.384 e. The van der Waals surface area contributed by atoms with E-state index in [1.807, 2.05) is 0 Å². The quantitative estimate of drug-likeness (QED) is 0.860. The van der Waals surface area contributed by atoms with Crippen molar-refractivity contribution in [3.63, 3.8) is 0 Å². The minimum atomic E-state index is -1.12. The van der Waals surface area contributed by atoms with Crippen LogP contribution in [0.4, 0.5) is 8.78 Å². The minimum absolute atomic E-state index is 0.240. The summed E-state index contributed by atoms with van der Waals surface area (Å²) in [6.45, 7) is 0. The molecule has 0 saturated heterocycles. The van der Waals surface area contributed by atoms with Crippen LogP contribution in [0.15, 0.2) is 40.9 Å². The number of rotatable bonds is 2. The van der Waals surface area contributed by atoms with Gasteiger partial charge in [0.2, 0.25) is 0 Å². The van der Waals surface area contributed by atoms with Crippen LogP contribution in [-0.4, -0.2) is 5.11 Å². The summed E-state index contributed by atoms with van der Waals surface area (Å²) >= 11 is 9.06. The maximum Gasteiger partial charge on any atom is 0.124 e. The first kappa shape index (κ1) is 13.5. The van der Waals surface area contributed by atoms with Crippen molar-refractivity contribution in [2.24, 2.45) is 0 Å². The van der Waals surface area contributed by atoms with Crippen molar-refractivity contribution < 1.29 is 13.9 Å². The number of hydrogen-bond acceptors (Lipinski definition) is 1. The Bertz CT molecular complexity index is 589. The minimum Gasteiger partial charge on any atom is -0.384 e. The highest BCUT2D eigenvalue weighted by Gasteiger charge is 2.17. The van der Waals surface area contributed by atoms with Gasteiger partial charge in [0.1, 0.15) is 17.7 Å². The fraction of sp³-hybridized carbons (Fsp3) is 0.0769. The third-order valence-corrected chi connectivity index (χ3v) is 3.54. The third-order valence-electron chi connectivity index (χ3n) is 2.51. The summed E-state index contributed by atoms with van der Waals surface area (Å²) in [6.07, 6.45) is -1.12. The van der Waals surface area contributed by atoms with Gasteiger partial charge in [-0.1, -0.05) is 33.6 Å². The molecule has 1 N–H and O–H groups in total. The first-order chi connectivity index (χ1) is 8.49. The van der Waals surface area contributed by atoms with Gasteiger partial charge in [0.05, 0.1) is 0 Å². The van der Waals surface area contributed by atoms with Crippen LogP contribution in [0.25, 0.3) is 0 Å². The maximum absolute atomic E-state index is 13.1. The first-order valence-corrected chi connectivity index (χ1v) is 6.24. The van der Waals surface area contributed by atoms with Crippen molar-refractivity contribution in [1.82, 2.24) is 0 Å². The molecule has 0 aliphatic heterocycles. The van der Waals surface area contributed by atoms with E-state index in [9.17, 15) is 13.9 Å². The van der Waals surface area contributed by atoms with E-state index in [2.05, 4.69) is 15.9 Å². The summed E-state index contributed by atoms with van der Waals surface area (Å²) in [5.74, 6) is -0.921. The molecule has 2 aromatic carbocycles. The van der Waals surface area contributed by atoms with Gasteiger partial charge in [-0.15, -0.1) is 0 Å². The average Bonchev–Trinajstić information content (AvgIpc) is 2.31. The summed E-state index contributed by atoms with van der Waals surface area (Å²) in [6, 6.07) is 7.60. The Hall–Kier alpha value is -0.970. The van der Waals surface area contributed by atoms with Crippen LogP contribution in [-0.2, 0) is 0 Å². The maximum atomic E-state index is 13.1. The molecule has 0 aliphatic carbocycles. The second kappa shape index (κ2) is 5.34. The fourth-order valence-electron chi connectivity index (χ4n) is 1.61. The molecule has 0 radical (unpaired) electrons. The van der Waals surface area contributed by atoms with Crippen molar-refractivity contribution in [3.8, 4) is 0 Å². The second-order valence-electron chi connectivity index (χ2n) is 3.73. The van der Waals surface area contributed by atoms with Crippen LogP contribution in [0.5, 0.6) is 0 Å². The Balaban J connectivity index is 2.47. The smallest absolute Gasteiger partial charge is 0.124 e. The lowest BCUT2D eigenvalue weighted by Crippen LogP contribution is -2.02. The molecule has 0 saturated carbocycles. The number of hydrogen-bond donors (Lipinski definition) is 1. The van der Waals surface area contributed by atoms with Crippen LogP contribution in [0.2, 0.25) is 5.02 Å². The lowest BCUT2D eigenvalue weighted by molar-refractivity contribution is 0.219. The van der Waals surface area contributed by atoms with E-state index >= 15 is 0 Å². The van der Waals surface area contributed by atoms with Crippen LogP contribution in [0, 0.1) is 11.6 Å². The molecule has 0 bridgehead atoms. The molecule has 1 nitrogen and oxygen atoms in total. The van der Waals surface area contributed by atoms with Gasteiger partial charge >= 0.3 is 0 Å². The lowest BCUT2D eigenvalue weighted by Gasteiger charge is -2.15. The molecule has 0 spiro atoms. The third kappa shape index (κ3) is 2.71. The first-order valence-electron chi connectivity index (χ1n) is 5.07. The van der Waals surface area contributed by atoms with Crippen LogP contribution >= 0.6 is 27.5 Å². The summed E-state index contributed by atoms with van der Waals surface area (Å²) in [5, 5.41) is 10.4. The molecule has 0 heterocycles. The second-order valence-corrected chi connectivity index (χ2v) is 5.00. The predicted molar refractivity (Wildman–Crippen MR) is 69.6 cm³/mol. The Kier molecular flexibility index (Phi) is 4.00. The van der Waals surface area contributed by atoms with Crippen LogP contribution in [0.1, 0.15) is 17.2 Å². The van der Waals surface area contributed by atoms with E-state index < -0.39 is 17.7 Å². The molecule has 0 fully saturated rings. The zero-order chi connectivity index (χ0) is 13.3. The van der Waals surface area contributed by atoms with Crippen molar-refractivity contribution in [3.05, 3.63) is 68.7 Å². The van der Waals surface area contributed by atoms with E-state index in [1.165, 1.54) is 30.3 Å². The Morgan fingerprint density at radius 3 is 2.28 bits per heavy atom. The molecule has 0 aromatic heterocycles. The summed E-state index contributed by atoms with van der Waals surface area (Å²) in [5.41, 5.74) is 0.660. The van der Waals surface area contributed by atoms with Crippen molar-refractivity contribution in [2.75, 3.05) is 0 Å². The van der Waals surface area contributed by atoms with E-state index in [-0.39, 0.29) is 10.6 Å². The van der Waals surface area contributed by atoms with Crippen molar-refractivity contribution in [2.45, 2.75) is 6.10 Å². The highest BCUT2D eigenvalue weighted by atomic mass is 79.9. The van der Waals surface area contributed by atoms with E-state index in [0.717, 1.165) is 6.07 Å². The Morgan fingerprint density at radius 1 is 1.00 bits per heavy atom. The van der Waals surface area contributed by atoms with Gasteiger partial charge in [0, 0.05) is 15.1 Å². The topological polar surface area (TPSA) is 20.2 Å². The molecule has 2 aromatic rings. The highest BCUT2D eigenvalue weighted by Crippen LogP contribution is 2.33. The predicted octanol–water partition coefficient (Wildman–Crippen LogP) is 4.46. The highest BCUT2D eigenvalue weighted by molar-refractivity contribution is 9.10. The van der Waals surface area contributed by atoms with Gasteiger partial charge in [-0.3, -0.25) is 0 Å². The Labute approximate surface area is 116 Å². The van der Waals surface area contributed by atoms with Gasteiger partial charge in [-0.25, -0.2) is 8.78 Å². The molecule has 5 heteroatoms. The SMILES string of the molecule is OC(c1cc(F)ccc1Cl)c1ccc(F)cc1Br. The molecule has 18 heavy (non-hydrogen) atoms. The van der Waals surface area contributed by atoms with Gasteiger partial charge in [0.25, 0.3) is 0 Å². The van der Waals surface area contributed by atoms with Crippen molar-refractivity contribution in [1.29, 1.82) is 0 Å². The molecule has 1 unspecified atom stereocenters. The summed E-state index contributed by atoms with van der Waals surface area (Å²) in [7, 11) is 0. The molecule has 0 aliphatic rings. The number of aliphatic hydroxyl groups excluding tert-OH is 1. The van der Waals surface area contributed by atoms with Gasteiger partial charge in [0.15, 0.2) is 0 Å². The number of benzene rings is 2. The lowest BCUT2D eigenvalue weighted by atomic mass is 10.0. The van der Waals surface area contributed by atoms with E-state index in [1.54, 1.807) is 0 Å². The standard InChI is InChI=1S/C13H8BrClF2O/c14-11-6-8(17)1-3-9(11)13(18)10-5-7(16)2-4-12(10)15/h1-6,13,18H. The monoisotopic (exact) mass is 332 g/mol. The number of aliphatic hydroxyl groups is 1. The summed E-state index contributed by atoms with van der Waals surface area (Å²) in [4.78, 5) is 0. The van der Waals surface area contributed by atoms with Crippen molar-refractivity contribution >= 4 is 27.5 Å². The molecule has 94 valence electrons. The molecule has 2 rings (SSSR count). The summed E-state index contributed by atoms with van der Waals surface area (Å²) < 4.78 is 26.5. The average molecular weight is 334 g/mol. The Morgan fingerprint density at radius 2 is 1.61 bits per heavy atom. The van der Waals surface area contributed by atoms with Gasteiger partial charge < -0.3 is 5.11 Å². The molecule has 1 atom stereocenters. The van der Waals surface area contributed by atoms with Crippen LogP contribution < -0.4 is 0 Å². The normalized spacial score (nSPS) is 12.5. The molecule has 0 amide bonds. The van der Waals surface area contributed by atoms with Gasteiger partial charge in [-0.05, 0) is 35.9 Å². The zero-order valence-electron chi connectivity index (χ0n) is 9.00. The van der Waals surface area contributed by atoms with Crippen LogP contribution in [0.3, 0.4) is 0 Å². The fourth-order valence-corrected chi connectivity index (χ4v) is 2.40.